The molecule has 4 heteroatoms. The predicted octanol–water partition coefficient (Wildman–Crippen LogP) is 6.86. The van der Waals surface area contributed by atoms with Gasteiger partial charge in [0.05, 0.1) is 23.3 Å². The summed E-state index contributed by atoms with van der Waals surface area (Å²) in [7, 11) is 4.19. The fourth-order valence-electron chi connectivity index (χ4n) is 3.93. The first-order chi connectivity index (χ1) is 12.8. The Balaban J connectivity index is 2.52. The molecule has 0 bridgehead atoms. The molecule has 1 aliphatic rings. The Kier molecular flexibility index (Phi) is 8.46. The molecular weight excluding hydrogens is 360 g/mol. The van der Waals surface area contributed by atoms with E-state index in [1.807, 2.05) is 0 Å². The van der Waals surface area contributed by atoms with Gasteiger partial charge in [-0.1, -0.05) is 57.0 Å². The summed E-state index contributed by atoms with van der Waals surface area (Å²) in [5, 5.41) is 1.67. The van der Waals surface area contributed by atoms with Crippen LogP contribution in [-0.4, -0.2) is 37.4 Å². The number of unbranched alkanes of at least 4 members (excludes halogenated alkanes) is 2. The Morgan fingerprint density at radius 2 is 1.44 bits per heavy atom. The van der Waals surface area contributed by atoms with Gasteiger partial charge in [-0.15, -0.1) is 0 Å². The molecule has 27 heavy (non-hydrogen) atoms. The number of allylic oxidation sites excluding steroid dienone is 4. The average molecular weight is 397 g/mol. The molecule has 0 aliphatic heterocycles. The third-order valence-electron chi connectivity index (χ3n) is 5.89. The van der Waals surface area contributed by atoms with Crippen LogP contribution in [0.4, 0.5) is 0 Å². The minimum atomic E-state index is -1.82. The second-order valence-electron chi connectivity index (χ2n) is 8.91. The molecule has 0 nitrogen and oxygen atoms in total. The van der Waals surface area contributed by atoms with E-state index in [-0.39, 0.29) is 5.16 Å². The molecule has 1 aromatic carbocycles. The lowest BCUT2D eigenvalue weighted by Gasteiger charge is -2.41. The molecule has 1 atom stereocenters. The Morgan fingerprint density at radius 3 is 1.89 bits per heavy atom. The highest BCUT2D eigenvalue weighted by Gasteiger charge is 2.62. The SMILES string of the molecule is [B][P+]([B][P+](CCCC)(CCCC)c1ccccc1)(C1C=CC=C1)C(C)(C)C. The lowest BCUT2D eigenvalue weighted by molar-refractivity contribution is 0.784. The van der Waals surface area contributed by atoms with E-state index in [1.165, 1.54) is 38.0 Å². The largest absolute Gasteiger partial charge is 0.577 e. The summed E-state index contributed by atoms with van der Waals surface area (Å²) in [5.74, 6) is 0. The van der Waals surface area contributed by atoms with Crippen LogP contribution in [0.3, 0.4) is 0 Å². The van der Waals surface area contributed by atoms with Crippen LogP contribution in [0, 0.1) is 0 Å². The van der Waals surface area contributed by atoms with Crippen molar-refractivity contribution in [3.63, 3.8) is 0 Å². The van der Waals surface area contributed by atoms with Crippen LogP contribution in [0.2, 0.25) is 0 Å². The van der Waals surface area contributed by atoms with Gasteiger partial charge in [0.1, 0.15) is 0 Å². The van der Waals surface area contributed by atoms with Gasteiger partial charge in [0.25, 0.3) is 0 Å². The van der Waals surface area contributed by atoms with E-state index in [2.05, 4.69) is 96.0 Å². The topological polar surface area (TPSA) is 0 Å². The third kappa shape index (κ3) is 5.40. The average Bonchev–Trinajstić information content (AvgIpc) is 3.19. The maximum absolute atomic E-state index is 7.43. The first-order valence-electron chi connectivity index (χ1n) is 10.6. The van der Waals surface area contributed by atoms with Crippen molar-refractivity contribution < 1.29 is 0 Å². The Bertz CT molecular complexity index is 614. The fraction of sp³-hybridized carbons (Fsp3) is 0.565. The first kappa shape index (κ1) is 23.0. The number of hydrogen-bond acceptors (Lipinski definition) is 0. The summed E-state index contributed by atoms with van der Waals surface area (Å²) in [5.41, 5.74) is 0.392. The van der Waals surface area contributed by atoms with Crippen molar-refractivity contribution in [2.75, 3.05) is 12.3 Å². The Morgan fingerprint density at radius 1 is 0.926 bits per heavy atom. The number of rotatable bonds is 10. The predicted molar refractivity (Wildman–Crippen MR) is 133 cm³/mol. The minimum Gasteiger partial charge on any atom is -0.0652 e. The van der Waals surface area contributed by atoms with Crippen molar-refractivity contribution in [3.05, 3.63) is 54.6 Å². The summed E-state index contributed by atoms with van der Waals surface area (Å²) in [4.78, 5) is 0. The summed E-state index contributed by atoms with van der Waals surface area (Å²) in [6, 6.07) is 11.3. The summed E-state index contributed by atoms with van der Waals surface area (Å²) >= 11 is 0. The third-order valence-corrected chi connectivity index (χ3v) is 16.4. The molecule has 143 valence electrons. The molecule has 2 rings (SSSR count). The van der Waals surface area contributed by atoms with Crippen LogP contribution in [0.5, 0.6) is 0 Å². The molecule has 1 unspecified atom stereocenters. The molecule has 0 N–H and O–H groups in total. The second-order valence-corrected chi connectivity index (χ2v) is 16.9. The van der Waals surface area contributed by atoms with Gasteiger partial charge in [0, 0.05) is 12.3 Å². The molecule has 0 aromatic heterocycles. The summed E-state index contributed by atoms with van der Waals surface area (Å²) in [6.45, 7) is 14.5. The van der Waals surface area contributed by atoms with E-state index in [0.29, 0.717) is 5.66 Å². The smallest absolute Gasteiger partial charge is 0.0652 e. The van der Waals surface area contributed by atoms with Crippen molar-refractivity contribution in [2.24, 2.45) is 0 Å². The van der Waals surface area contributed by atoms with Gasteiger partial charge in [-0.25, -0.2) is 0 Å². The number of hydrogen-bond donors (Lipinski definition) is 0. The van der Waals surface area contributed by atoms with Crippen LogP contribution in [0.25, 0.3) is 0 Å². The lowest BCUT2D eigenvalue weighted by Crippen LogP contribution is -2.35. The Labute approximate surface area is 171 Å². The van der Waals surface area contributed by atoms with E-state index < -0.39 is 14.2 Å². The van der Waals surface area contributed by atoms with Crippen LogP contribution in [0.15, 0.2) is 54.6 Å². The Hall–Kier alpha value is -0.310. The van der Waals surface area contributed by atoms with Gasteiger partial charge in [0.2, 0.25) is 0 Å². The number of benzene rings is 1. The van der Waals surface area contributed by atoms with Gasteiger partial charge < -0.3 is 0 Å². The van der Waals surface area contributed by atoms with Crippen molar-refractivity contribution in [1.82, 2.24) is 0 Å². The van der Waals surface area contributed by atoms with Gasteiger partial charge >= 0.3 is 14.3 Å². The van der Waals surface area contributed by atoms with Crippen molar-refractivity contribution in [2.45, 2.75) is 71.1 Å². The zero-order valence-corrected chi connectivity index (χ0v) is 19.9. The molecule has 0 fully saturated rings. The second kappa shape index (κ2) is 9.94. The quantitative estimate of drug-likeness (QED) is 0.299. The molecule has 1 aromatic rings. The van der Waals surface area contributed by atoms with Crippen molar-refractivity contribution in [1.29, 1.82) is 0 Å². The summed E-state index contributed by atoms with van der Waals surface area (Å²) in [6.07, 6.45) is 16.8. The van der Waals surface area contributed by atoms with Gasteiger partial charge in [-0.05, 0) is 64.9 Å². The molecule has 0 saturated heterocycles. The first-order valence-corrected chi connectivity index (χ1v) is 14.8. The van der Waals surface area contributed by atoms with E-state index >= 15 is 0 Å². The molecule has 0 amide bonds. The van der Waals surface area contributed by atoms with Crippen LogP contribution < -0.4 is 5.30 Å². The highest BCUT2D eigenvalue weighted by Crippen LogP contribution is 2.77. The van der Waals surface area contributed by atoms with E-state index in [9.17, 15) is 0 Å². The van der Waals surface area contributed by atoms with Gasteiger partial charge in [0.15, 0.2) is 0 Å². The molecule has 1 aliphatic carbocycles. The lowest BCUT2D eigenvalue weighted by atomic mass is 10.2. The van der Waals surface area contributed by atoms with E-state index in [1.54, 1.807) is 5.30 Å². The fourth-order valence-corrected chi connectivity index (χ4v) is 15.2. The normalized spacial score (nSPS) is 17.2. The molecule has 3 radical (unpaired) electrons. The maximum Gasteiger partial charge on any atom is 0.577 e. The highest BCUT2D eigenvalue weighted by molar-refractivity contribution is 8.38. The monoisotopic (exact) mass is 397 g/mol. The van der Waals surface area contributed by atoms with Crippen molar-refractivity contribution in [3.8, 4) is 0 Å². The molecular formula is C23H37B2P2+2. The molecule has 0 heterocycles. The van der Waals surface area contributed by atoms with Crippen LogP contribution in [-0.2, 0) is 0 Å². The molecule has 0 spiro atoms. The zero-order chi connectivity index (χ0) is 20.0. The standard InChI is InChI=1S/C23H37B2P2/c1-6-8-19-26(20-9-7-2,21-15-11-10-12-16-21)25-27(24,23(3,4)5)22-17-13-14-18-22/h10-18,22H,6-9,19-20H2,1-5H3/q+2. The van der Waals surface area contributed by atoms with Crippen molar-refractivity contribution >= 4 is 33.7 Å². The van der Waals surface area contributed by atoms with Crippen LogP contribution >= 0.6 is 14.2 Å². The molecule has 0 saturated carbocycles. The van der Waals surface area contributed by atoms with E-state index in [0.717, 1.165) is 0 Å². The summed E-state index contributed by atoms with van der Waals surface area (Å²) < 4.78 is 0. The highest BCUT2D eigenvalue weighted by atomic mass is 31.2. The zero-order valence-electron chi connectivity index (χ0n) is 18.1. The van der Waals surface area contributed by atoms with Gasteiger partial charge in [-0.2, -0.15) is 0 Å². The minimum absolute atomic E-state index is 0.106. The van der Waals surface area contributed by atoms with Crippen LogP contribution in [0.1, 0.15) is 60.3 Å². The van der Waals surface area contributed by atoms with E-state index in [4.69, 9.17) is 7.57 Å². The maximum atomic E-state index is 7.43. The van der Waals surface area contributed by atoms with Gasteiger partial charge in [-0.3, -0.25) is 0 Å².